The van der Waals surface area contributed by atoms with Crippen LogP contribution in [-0.4, -0.2) is 286 Å². The number of anilines is 1. The van der Waals surface area contributed by atoms with Crippen LogP contribution in [0.4, 0.5) is 19.0 Å². The monoisotopic (exact) mass is 2050 g/mol. The highest BCUT2D eigenvalue weighted by molar-refractivity contribution is 6.32. The van der Waals surface area contributed by atoms with Crippen LogP contribution in [0.3, 0.4) is 0 Å². The summed E-state index contributed by atoms with van der Waals surface area (Å²) in [5.74, 6) is -21.5. The number of hydrogen-bond donors (Lipinski definition) is 21. The fraction of sp³-hybridized carbons (Fsp3) is 0.484. The predicted octanol–water partition coefficient (Wildman–Crippen LogP) is 3.29. The lowest BCUT2D eigenvalue weighted by Gasteiger charge is -2.46. The number of aliphatic hydroxyl groups excluding tert-OH is 8. The van der Waals surface area contributed by atoms with Crippen molar-refractivity contribution in [2.24, 2.45) is 23.3 Å². The van der Waals surface area contributed by atoms with Crippen LogP contribution in [0.1, 0.15) is 153 Å². The van der Waals surface area contributed by atoms with E-state index in [0.29, 0.717) is 11.0 Å². The lowest BCUT2D eigenvalue weighted by atomic mass is 9.84. The average molecular weight is 2050 g/mol. The highest BCUT2D eigenvalue weighted by Gasteiger charge is 2.54. The first kappa shape index (κ1) is 108. The first-order chi connectivity index (χ1) is 67.4. The molecule has 1 aromatic heterocycles. The summed E-state index contributed by atoms with van der Waals surface area (Å²) in [5.41, 5.74) is 7.11. The number of carbonyl (C=O) groups excluding carboxylic acids is 8. The van der Waals surface area contributed by atoms with Gasteiger partial charge in [0.15, 0.2) is 41.7 Å². The van der Waals surface area contributed by atoms with Crippen LogP contribution in [0, 0.1) is 11.8 Å². The van der Waals surface area contributed by atoms with Crippen LogP contribution in [0.5, 0.6) is 51.7 Å². The molecule has 774 valence electrons. The van der Waals surface area contributed by atoms with Crippen LogP contribution in [0.25, 0.3) is 11.1 Å². The number of unbranched alkanes of at least 4 members (excludes halogenated alkanes) is 1. The third-order valence-corrected chi connectivity index (χ3v) is 26.0. The second-order valence-electron chi connectivity index (χ2n) is 37.7. The Balaban J connectivity index is 0.925. The van der Waals surface area contributed by atoms with E-state index in [2.05, 4.69) is 46.9 Å². The molecule has 48 heteroatoms. The minimum Gasteiger partial charge on any atom is -0.507 e. The predicted molar refractivity (Wildman–Crippen MR) is 496 cm³/mol. The number of Topliss-reactive ketones (excluding diaryl/α,β-unsaturated/α-hetero) is 2. The third-order valence-electron chi connectivity index (χ3n) is 25.4. The number of aromatic nitrogens is 2. The van der Waals surface area contributed by atoms with Crippen LogP contribution in [0.2, 0.25) is 10.0 Å². The van der Waals surface area contributed by atoms with Gasteiger partial charge in [0.05, 0.1) is 86.1 Å². The van der Waals surface area contributed by atoms with E-state index in [9.17, 15) is 98.4 Å². The second kappa shape index (κ2) is 45.2. The van der Waals surface area contributed by atoms with Crippen molar-refractivity contribution < 1.29 is 165 Å². The van der Waals surface area contributed by atoms with Gasteiger partial charge in [-0.15, -0.1) is 13.2 Å². The number of quaternary nitrogens is 1. The Bertz CT molecular complexity index is 5960. The van der Waals surface area contributed by atoms with Crippen LogP contribution < -0.4 is 73.3 Å². The molecule has 43 nitrogen and oxygen atoms in total. The van der Waals surface area contributed by atoms with Crippen molar-refractivity contribution in [3.05, 3.63) is 169 Å². The summed E-state index contributed by atoms with van der Waals surface area (Å²) in [4.78, 5) is 152. The van der Waals surface area contributed by atoms with E-state index >= 15 is 24.0 Å². The maximum atomic E-state index is 16.8. The number of amides is 6. The Morgan fingerprint density at radius 3 is 1.99 bits per heavy atom. The van der Waals surface area contributed by atoms with Crippen LogP contribution >= 0.6 is 23.2 Å². The summed E-state index contributed by atoms with van der Waals surface area (Å²) in [5, 5.41) is 161. The number of nitrogens with two attached hydrogens (primary N) is 2. The molecule has 15 rings (SSSR count). The summed E-state index contributed by atoms with van der Waals surface area (Å²) >= 11 is 14.6. The molecule has 3 saturated heterocycles. The highest BCUT2D eigenvalue weighted by atomic mass is 35.5. The normalized spacial score (nSPS) is 27.8. The number of phenols is 3. The molecular weight excluding hydrogens is 1930 g/mol. The SMILES string of the molecule is CN[C@H](CC(C)C)C(=O)NC1C(=O)C[C@@H](CC(N)=O)C(=O)N[C@H]2C(=O)C[C@H]3C(=O)N[C@H](C(=O)N[C@@H](C(=O)O)c4cc(O)c(CNCC[N+](C)(C)C)c(O)c4-c4cc3ccc4O)[C@H](OC3C[C@](C)(N)[C@@H](O)[C@H](C)O3)c3ccc(c(Cl)c3)Oc3cc2cc(c3O[C@@H]2O[C@H](CO)[C@@H](O[C@@H]3O[C@H](CCCCn4ccc(NC(=O)c5ccc(OC(F)(F)F)cc5)nc4=O)[C@H](O)[C@H](O)[C@H]3O)[C@H](O)[C@H]2O)Oc2ccc(cc2Cl)[C@H]1O. The number of alkyl halides is 3. The number of aliphatic hydroxyl groups is 8. The van der Waals surface area contributed by atoms with Crippen molar-refractivity contribution in [1.29, 1.82) is 0 Å². The Morgan fingerprint density at radius 1 is 0.720 bits per heavy atom. The maximum absolute atomic E-state index is 16.8. The molecule has 8 aliphatic heterocycles. The minimum atomic E-state index is -4.99. The molecule has 0 spiro atoms. The zero-order valence-electron chi connectivity index (χ0n) is 78.4. The molecule has 11 bridgehead atoms. The number of carboxylic acids is 1. The fourth-order valence-electron chi connectivity index (χ4n) is 17.8. The van der Waals surface area contributed by atoms with Crippen molar-refractivity contribution in [3.63, 3.8) is 0 Å². The summed E-state index contributed by atoms with van der Waals surface area (Å²) in [7, 11) is 7.17. The van der Waals surface area contributed by atoms with Gasteiger partial charge < -0.3 is 157 Å². The molecule has 3 fully saturated rings. The van der Waals surface area contributed by atoms with Gasteiger partial charge in [-0.3, -0.25) is 42.9 Å². The topological polar surface area (TPSA) is 651 Å². The van der Waals surface area contributed by atoms with Crippen molar-refractivity contribution in [2.75, 3.05) is 53.2 Å². The first-order valence-electron chi connectivity index (χ1n) is 45.7. The molecule has 7 aromatic rings. The van der Waals surface area contributed by atoms with Crippen molar-refractivity contribution >= 4 is 82.0 Å². The number of carbonyl (C=O) groups is 9. The van der Waals surface area contributed by atoms with Gasteiger partial charge in [-0.1, -0.05) is 55.2 Å². The number of ether oxygens (including phenoxy) is 9. The van der Waals surface area contributed by atoms with E-state index in [-0.39, 0.29) is 91.3 Å². The first-order valence-corrected chi connectivity index (χ1v) is 46.5. The molecule has 9 heterocycles. The van der Waals surface area contributed by atoms with Crippen LogP contribution in [0.15, 0.2) is 114 Å². The van der Waals surface area contributed by atoms with Crippen molar-refractivity contribution in [3.8, 4) is 62.9 Å². The number of fused-ring (bicyclic) bond motifs is 15. The number of hydrogen-bond acceptors (Lipinski definition) is 34. The maximum Gasteiger partial charge on any atom is 0.573 e. The quantitative estimate of drug-likeness (QED) is 0.0247. The number of likely N-dealkylation sites (N-methyl/N-ethyl adjacent to an activating group) is 2. The fourth-order valence-corrected chi connectivity index (χ4v) is 18.2. The Labute approximate surface area is 824 Å². The molecular formula is C95H114Cl2F3N12O31+. The zero-order valence-corrected chi connectivity index (χ0v) is 79.9. The minimum absolute atomic E-state index is 0.0387. The third kappa shape index (κ3) is 25.6. The number of ketones is 2. The summed E-state index contributed by atoms with van der Waals surface area (Å²) in [6.07, 6.45) is -35.7. The second-order valence-corrected chi connectivity index (χ2v) is 38.5. The van der Waals surface area contributed by atoms with E-state index < -0.39 is 315 Å². The van der Waals surface area contributed by atoms with E-state index in [4.69, 9.17) is 72.6 Å². The number of benzene rings is 6. The number of aryl methyl sites for hydroxylation is 1. The zero-order chi connectivity index (χ0) is 104. The lowest BCUT2D eigenvalue weighted by molar-refractivity contribution is -0.869. The molecule has 23 atom stereocenters. The van der Waals surface area contributed by atoms with Gasteiger partial charge >= 0.3 is 18.0 Å². The van der Waals surface area contributed by atoms with E-state index in [1.54, 1.807) is 0 Å². The van der Waals surface area contributed by atoms with Gasteiger partial charge in [0.2, 0.25) is 41.6 Å². The number of aromatic hydroxyl groups is 3. The van der Waals surface area contributed by atoms with Crippen molar-refractivity contribution in [2.45, 2.75) is 232 Å². The summed E-state index contributed by atoms with van der Waals surface area (Å²) in [6, 6.07) is 8.41. The van der Waals surface area contributed by atoms with Crippen LogP contribution in [-0.2, 0) is 75.1 Å². The van der Waals surface area contributed by atoms with Gasteiger partial charge in [0.25, 0.3) is 5.91 Å². The molecule has 2 unspecified atom stereocenters. The average Bonchev–Trinajstić information content (AvgIpc) is 0.754. The molecule has 0 saturated carbocycles. The lowest BCUT2D eigenvalue weighted by Crippen LogP contribution is -2.64. The number of carboxylic acid groups (broad SMARTS) is 1. The number of phenolic OH excluding ortho intramolecular Hbond substituents is 3. The van der Waals surface area contributed by atoms with Crippen molar-refractivity contribution in [1.82, 2.24) is 41.5 Å². The smallest absolute Gasteiger partial charge is 0.507 e. The van der Waals surface area contributed by atoms with Gasteiger partial charge in [0, 0.05) is 79.3 Å². The molecule has 23 N–H and O–H groups in total. The molecule has 8 aliphatic rings. The Kier molecular flexibility index (Phi) is 34.2. The van der Waals surface area contributed by atoms with Gasteiger partial charge in [0.1, 0.15) is 113 Å². The van der Waals surface area contributed by atoms with Gasteiger partial charge in [-0.2, -0.15) is 4.98 Å². The number of nitrogens with zero attached hydrogens (tertiary/aromatic N) is 3. The van der Waals surface area contributed by atoms with Gasteiger partial charge in [-0.25, -0.2) is 9.59 Å². The molecule has 6 aromatic carbocycles. The summed E-state index contributed by atoms with van der Waals surface area (Å²) < 4.78 is 95.2. The number of primary amides is 1. The molecule has 0 aliphatic carbocycles. The highest BCUT2D eigenvalue weighted by Crippen LogP contribution is 2.52. The standard InChI is InChI=1S/C95H113Cl2F3N12O31/c1-40(2)27-55(103-5)88(130)109-72-58(116)31-47(34-66(101)118)86(128)107-70-46-32-63(136-60-20-15-44(74(72)119)29-53(60)96)82(141-92-80(125)78(123)83(65(39-113)139-92)142-91-79(124)77(122)76(121)62(138-91)11-9-10-24-111-25-22-67(106-93(111)134)105-85(127)42-12-17-48(18-13-42)143-95(98,99)100)64(33-46)137-61-21-16-45(30-54(61)97)81(140-68-37-94(4,102)84(126)41(3)135-68)73-89(131)108-71(90(132)133)51-36-57(115)52(38-104-23-26-112(6,7)8)75(120)69(51)50-28-43(14-19-56(50)114)49(35-59(70)117)87(129)110-73/h12-22,25,28-30,32-33,36,40-41,47,49,55,62,65,68,70-74,76-81,83-84,91-92,103-104,113,119,121-126H,9-11,23-24,26-27,31,34-35,37-39,102H2,1-8H3,(H10-,101,105,106,107,108,109,110,114,115,118,120,127,128,129,130,131,132,133,134)/p+1/t41-,47-,49+,55+,62+,65+,68?,70+,71+,72?,73-,74+,76-,77-,78+,79+,80+,81+,83+,84-,91-,92-,94-/m0/s1. The molecule has 143 heavy (non-hydrogen) atoms. The van der Waals surface area contributed by atoms with E-state index in [1.165, 1.54) is 45.3 Å². The van der Waals surface area contributed by atoms with E-state index in [1.807, 2.05) is 35.0 Å². The van der Waals surface area contributed by atoms with E-state index in [0.717, 1.165) is 89.5 Å². The molecule has 6 amide bonds. The summed E-state index contributed by atoms with van der Waals surface area (Å²) in [6.45, 7) is 5.77. The number of aliphatic carboxylic acids is 1. The van der Waals surface area contributed by atoms with Gasteiger partial charge in [-0.05, 0) is 160 Å². The molecule has 0 radical (unpaired) electrons. The number of rotatable bonds is 28. The number of nitrogens with one attached hydrogen (secondary N) is 7. The largest absolute Gasteiger partial charge is 0.573 e. The Hall–Kier alpha value is -11.9. The number of halogens is 5. The Morgan fingerprint density at radius 2 is 1.37 bits per heavy atom.